The lowest BCUT2D eigenvalue weighted by Crippen LogP contribution is -2.49. The first-order chi connectivity index (χ1) is 20.1. The van der Waals surface area contributed by atoms with E-state index < -0.39 is 29.7 Å². The number of benzene rings is 3. The summed E-state index contributed by atoms with van der Waals surface area (Å²) < 4.78 is 18.9. The molecule has 0 aliphatic carbocycles. The highest BCUT2D eigenvalue weighted by molar-refractivity contribution is 6.03. The van der Waals surface area contributed by atoms with Crippen molar-refractivity contribution >= 4 is 23.4 Å². The second kappa shape index (κ2) is 15.5. The molecule has 0 radical (unpaired) electrons. The van der Waals surface area contributed by atoms with E-state index in [1.165, 1.54) is 24.3 Å². The summed E-state index contributed by atoms with van der Waals surface area (Å²) in [6.45, 7) is 10.9. The molecule has 0 spiro atoms. The normalized spacial score (nSPS) is 12.1. The Morgan fingerprint density at radius 2 is 1.60 bits per heavy atom. The van der Waals surface area contributed by atoms with Crippen molar-refractivity contribution in [2.24, 2.45) is 5.73 Å². The van der Waals surface area contributed by atoms with Crippen LogP contribution in [-0.4, -0.2) is 54.4 Å². The number of amides is 3. The Morgan fingerprint density at radius 3 is 2.21 bits per heavy atom. The zero-order valence-electron chi connectivity index (χ0n) is 24.4. The predicted octanol–water partition coefficient (Wildman–Crippen LogP) is 4.96. The van der Waals surface area contributed by atoms with E-state index in [1.54, 1.807) is 23.1 Å². The molecule has 3 aromatic rings. The molecule has 3 rings (SSSR count). The number of ether oxygens (including phenoxy) is 1. The Labute approximate surface area is 246 Å². The molecule has 0 aromatic heterocycles. The molecule has 0 aliphatic heterocycles. The van der Waals surface area contributed by atoms with Gasteiger partial charge in [0.15, 0.2) is 0 Å². The van der Waals surface area contributed by atoms with Gasteiger partial charge in [-0.2, -0.15) is 0 Å². The second-order valence-corrected chi connectivity index (χ2v) is 9.86. The second-order valence-electron chi connectivity index (χ2n) is 9.86. The van der Waals surface area contributed by atoms with E-state index in [4.69, 9.17) is 10.5 Å². The molecular formula is C33H39FN4O4. The molecule has 0 bridgehead atoms. The number of carbonyl (C=O) groups excluding carboxylic acids is 3. The number of nitrogens with one attached hydrogen (secondary N) is 2. The fourth-order valence-electron chi connectivity index (χ4n) is 4.50. The van der Waals surface area contributed by atoms with Gasteiger partial charge in [-0.1, -0.05) is 36.9 Å². The van der Waals surface area contributed by atoms with Crippen LogP contribution in [0.3, 0.4) is 0 Å². The Morgan fingerprint density at radius 1 is 0.952 bits per heavy atom. The van der Waals surface area contributed by atoms with Crippen molar-refractivity contribution in [3.8, 4) is 5.75 Å². The minimum Gasteiger partial charge on any atom is -0.494 e. The Kier molecular flexibility index (Phi) is 11.8. The van der Waals surface area contributed by atoms with Crippen LogP contribution >= 0.6 is 0 Å². The van der Waals surface area contributed by atoms with E-state index in [2.05, 4.69) is 17.2 Å². The van der Waals surface area contributed by atoms with Gasteiger partial charge in [-0.3, -0.25) is 14.4 Å². The van der Waals surface area contributed by atoms with Gasteiger partial charge in [-0.25, -0.2) is 4.39 Å². The fraction of sp³-hybridized carbons (Fsp3) is 0.303. The number of halogens is 1. The number of nitrogens with two attached hydrogens (primary N) is 1. The van der Waals surface area contributed by atoms with Crippen molar-refractivity contribution in [2.45, 2.75) is 45.7 Å². The molecule has 0 heterocycles. The van der Waals surface area contributed by atoms with E-state index in [-0.39, 0.29) is 23.5 Å². The Bertz CT molecular complexity index is 1370. The van der Waals surface area contributed by atoms with Crippen LogP contribution in [0.5, 0.6) is 5.75 Å². The van der Waals surface area contributed by atoms with Crippen LogP contribution in [0.25, 0.3) is 0 Å². The van der Waals surface area contributed by atoms with Gasteiger partial charge in [0.25, 0.3) is 17.7 Å². The molecule has 0 aliphatic rings. The number of hydrogen-bond acceptors (Lipinski definition) is 5. The van der Waals surface area contributed by atoms with Crippen LogP contribution in [0.4, 0.5) is 10.1 Å². The van der Waals surface area contributed by atoms with Gasteiger partial charge in [0.1, 0.15) is 11.6 Å². The van der Waals surface area contributed by atoms with E-state index >= 15 is 0 Å². The monoisotopic (exact) mass is 574 g/mol. The highest BCUT2D eigenvalue weighted by atomic mass is 19.1. The summed E-state index contributed by atoms with van der Waals surface area (Å²) in [5.41, 5.74) is 8.78. The number of hydrogen-bond donors (Lipinski definition) is 3. The van der Waals surface area contributed by atoms with Crippen LogP contribution in [-0.2, 0) is 11.2 Å². The van der Waals surface area contributed by atoms with Gasteiger partial charge in [0.2, 0.25) is 0 Å². The summed E-state index contributed by atoms with van der Waals surface area (Å²) in [6, 6.07) is 18.5. The van der Waals surface area contributed by atoms with E-state index in [0.29, 0.717) is 43.1 Å². The fourth-order valence-corrected chi connectivity index (χ4v) is 4.50. The molecule has 42 heavy (non-hydrogen) atoms. The topological polar surface area (TPSA) is 114 Å². The zero-order chi connectivity index (χ0) is 30.6. The van der Waals surface area contributed by atoms with Crippen molar-refractivity contribution in [3.63, 3.8) is 0 Å². The molecule has 0 fully saturated rings. The molecule has 0 saturated heterocycles. The summed E-state index contributed by atoms with van der Waals surface area (Å²) in [6.07, 6.45) is 0.493. The summed E-state index contributed by atoms with van der Waals surface area (Å²) in [5, 5.41) is 5.70. The minimum absolute atomic E-state index is 0.0927. The summed E-state index contributed by atoms with van der Waals surface area (Å²) >= 11 is 0. The maximum absolute atomic E-state index is 13.6. The molecule has 4 N–H and O–H groups in total. The first kappa shape index (κ1) is 32.0. The van der Waals surface area contributed by atoms with Crippen LogP contribution in [0.15, 0.2) is 84.9 Å². The lowest BCUT2D eigenvalue weighted by Gasteiger charge is -2.26. The van der Waals surface area contributed by atoms with E-state index in [0.717, 1.165) is 5.56 Å². The van der Waals surface area contributed by atoms with Crippen molar-refractivity contribution in [1.29, 1.82) is 0 Å². The lowest BCUT2D eigenvalue weighted by atomic mass is 9.94. The molecule has 2 atom stereocenters. The molecule has 222 valence electrons. The maximum atomic E-state index is 13.6. The largest absolute Gasteiger partial charge is 0.494 e. The smallest absolute Gasteiger partial charge is 0.253 e. The van der Waals surface area contributed by atoms with Gasteiger partial charge in [0.05, 0.1) is 6.61 Å². The average Bonchev–Trinajstić information content (AvgIpc) is 2.99. The van der Waals surface area contributed by atoms with Crippen molar-refractivity contribution < 1.29 is 23.5 Å². The van der Waals surface area contributed by atoms with Crippen LogP contribution in [0, 0.1) is 5.82 Å². The molecule has 3 amide bonds. The van der Waals surface area contributed by atoms with Gasteiger partial charge >= 0.3 is 0 Å². The summed E-state index contributed by atoms with van der Waals surface area (Å²) in [4.78, 5) is 41.1. The highest BCUT2D eigenvalue weighted by Gasteiger charge is 2.25. The van der Waals surface area contributed by atoms with Gasteiger partial charge < -0.3 is 26.0 Å². The van der Waals surface area contributed by atoms with Gasteiger partial charge in [0, 0.05) is 47.6 Å². The number of anilines is 1. The average molecular weight is 575 g/mol. The first-order valence-electron chi connectivity index (χ1n) is 14.1. The third-order valence-electron chi connectivity index (χ3n) is 6.81. The molecule has 3 aromatic carbocycles. The Balaban J connectivity index is 1.83. The first-order valence-corrected chi connectivity index (χ1v) is 14.1. The third kappa shape index (κ3) is 9.01. The number of rotatable bonds is 14. The SMILES string of the molecule is C=C(C[C@H](N)[C@H](Cc1ccccc1)NC(=O)c1cc(OCC)cc(C(=O)N(CC)CC)c1)C(=O)Nc1ccc(F)cc1. The minimum atomic E-state index is -0.674. The molecule has 9 heteroatoms. The Hall–Kier alpha value is -4.50. The third-order valence-corrected chi connectivity index (χ3v) is 6.81. The number of nitrogens with zero attached hydrogens (tertiary/aromatic N) is 1. The molecule has 0 unspecified atom stereocenters. The van der Waals surface area contributed by atoms with E-state index in [9.17, 15) is 18.8 Å². The molecule has 8 nitrogen and oxygen atoms in total. The van der Waals surface area contributed by atoms with Crippen molar-refractivity contribution in [2.75, 3.05) is 25.0 Å². The maximum Gasteiger partial charge on any atom is 0.253 e. The lowest BCUT2D eigenvalue weighted by molar-refractivity contribution is -0.113. The van der Waals surface area contributed by atoms with Crippen molar-refractivity contribution in [3.05, 3.63) is 107 Å². The highest BCUT2D eigenvalue weighted by Crippen LogP contribution is 2.21. The zero-order valence-corrected chi connectivity index (χ0v) is 24.4. The van der Waals surface area contributed by atoms with E-state index in [1.807, 2.05) is 51.1 Å². The van der Waals surface area contributed by atoms with Crippen LogP contribution in [0.1, 0.15) is 53.5 Å². The van der Waals surface area contributed by atoms with Gasteiger partial charge in [-0.05, 0) is 81.6 Å². The summed E-state index contributed by atoms with van der Waals surface area (Å²) in [5.74, 6) is -1.08. The van der Waals surface area contributed by atoms with Gasteiger partial charge in [-0.15, -0.1) is 0 Å². The van der Waals surface area contributed by atoms with Crippen LogP contribution < -0.4 is 21.1 Å². The number of carbonyl (C=O) groups is 3. The summed E-state index contributed by atoms with van der Waals surface area (Å²) in [7, 11) is 0. The van der Waals surface area contributed by atoms with Crippen LogP contribution in [0.2, 0.25) is 0 Å². The predicted molar refractivity (Wildman–Crippen MR) is 163 cm³/mol. The standard InChI is InChI=1S/C33H39FN4O4/c1-5-38(6-2)33(41)25-19-24(20-28(21-25)42-7-3)32(40)37-30(18-23-11-9-8-10-12-23)29(35)17-22(4)31(39)36-27-15-13-26(34)14-16-27/h8-16,19-21,29-30H,4-7,17-18,35H2,1-3H3,(H,36,39)(H,37,40)/t29-,30-/m0/s1. The molecular weight excluding hydrogens is 535 g/mol. The quantitative estimate of drug-likeness (QED) is 0.236. The van der Waals surface area contributed by atoms with Crippen molar-refractivity contribution in [1.82, 2.24) is 10.2 Å². The molecule has 0 saturated carbocycles.